The molecule has 0 saturated carbocycles. The second-order valence-corrected chi connectivity index (χ2v) is 6.00. The van der Waals surface area contributed by atoms with Gasteiger partial charge in [0.05, 0.1) is 12.6 Å². The minimum Gasteiger partial charge on any atom is -0.349 e. The zero-order valence-electron chi connectivity index (χ0n) is 14.6. The lowest BCUT2D eigenvalue weighted by Crippen LogP contribution is -2.36. The quantitative estimate of drug-likeness (QED) is 0.614. The van der Waals surface area contributed by atoms with E-state index in [9.17, 15) is 0 Å². The molecule has 0 bridgehead atoms. The van der Waals surface area contributed by atoms with Gasteiger partial charge in [-0.1, -0.05) is 31.2 Å². The van der Waals surface area contributed by atoms with Crippen molar-refractivity contribution in [1.29, 1.82) is 0 Å². The van der Waals surface area contributed by atoms with Crippen LogP contribution in [-0.4, -0.2) is 69.5 Å². The van der Waals surface area contributed by atoms with E-state index in [1.165, 1.54) is 11.1 Å². The Bertz CT molecular complexity index is 436. The van der Waals surface area contributed by atoms with Crippen molar-refractivity contribution in [3.05, 3.63) is 35.4 Å². The first-order chi connectivity index (χ1) is 9.86. The van der Waals surface area contributed by atoms with E-state index in [4.69, 9.17) is 4.99 Å². The summed E-state index contributed by atoms with van der Waals surface area (Å²) in [6, 6.07) is 9.18. The van der Waals surface area contributed by atoms with E-state index in [2.05, 4.69) is 50.2 Å². The third-order valence-corrected chi connectivity index (χ3v) is 3.60. The average Bonchev–Trinajstić information content (AvgIpc) is 2.42. The largest absolute Gasteiger partial charge is 0.349 e. The minimum atomic E-state index is 0.297. The van der Waals surface area contributed by atoms with Gasteiger partial charge in [0.1, 0.15) is 0 Å². The number of benzene rings is 1. The summed E-state index contributed by atoms with van der Waals surface area (Å²) in [6.07, 6.45) is 1.08. The van der Waals surface area contributed by atoms with Crippen LogP contribution < -0.4 is 0 Å². The second-order valence-electron chi connectivity index (χ2n) is 6.00. The predicted octanol–water partition coefficient (Wildman–Crippen LogP) is 2.33. The summed E-state index contributed by atoms with van der Waals surface area (Å²) in [5.41, 5.74) is 2.69. The molecule has 4 nitrogen and oxygen atoms in total. The molecule has 0 aliphatic rings. The molecule has 0 N–H and O–H groups in total. The molecule has 1 aromatic carbocycles. The van der Waals surface area contributed by atoms with Crippen LogP contribution in [0.4, 0.5) is 0 Å². The lowest BCUT2D eigenvalue weighted by molar-refractivity contribution is 0.304. The highest BCUT2D eigenvalue weighted by molar-refractivity contribution is 5.79. The fourth-order valence-corrected chi connectivity index (χ4v) is 2.39. The first-order valence-corrected chi connectivity index (χ1v) is 7.51. The smallest absolute Gasteiger partial charge is 0.195 e. The highest BCUT2D eigenvalue weighted by atomic mass is 15.3. The molecule has 1 unspecified atom stereocenters. The molecule has 118 valence electrons. The Morgan fingerprint density at radius 2 is 1.48 bits per heavy atom. The van der Waals surface area contributed by atoms with Crippen LogP contribution in [0.3, 0.4) is 0 Å². The van der Waals surface area contributed by atoms with E-state index in [0.29, 0.717) is 6.04 Å². The Labute approximate surface area is 130 Å². The van der Waals surface area contributed by atoms with E-state index in [-0.39, 0.29) is 0 Å². The van der Waals surface area contributed by atoms with Crippen LogP contribution in [-0.2, 0) is 6.42 Å². The van der Waals surface area contributed by atoms with E-state index < -0.39 is 0 Å². The number of rotatable bonds is 5. The van der Waals surface area contributed by atoms with Gasteiger partial charge < -0.3 is 14.7 Å². The van der Waals surface area contributed by atoms with Crippen molar-refractivity contribution in [2.75, 3.05) is 48.8 Å². The summed E-state index contributed by atoms with van der Waals surface area (Å²) in [7, 11) is 12.3. The number of hydrogen-bond acceptors (Lipinski definition) is 2. The molecule has 0 spiro atoms. The number of guanidine groups is 1. The van der Waals surface area contributed by atoms with Gasteiger partial charge in [-0.05, 0) is 31.6 Å². The SMILES string of the molecule is CCc1ccc(C(CN=C(N(C)C)N(C)C)N(C)C)cc1. The molecule has 1 rings (SSSR count). The molecule has 0 heterocycles. The van der Waals surface area contributed by atoms with Crippen LogP contribution in [0.2, 0.25) is 0 Å². The van der Waals surface area contributed by atoms with Crippen LogP contribution in [0.1, 0.15) is 24.1 Å². The zero-order chi connectivity index (χ0) is 16.0. The van der Waals surface area contributed by atoms with Crippen molar-refractivity contribution >= 4 is 5.96 Å². The third kappa shape index (κ3) is 5.05. The summed E-state index contributed by atoms with van der Waals surface area (Å²) in [4.78, 5) is 11.1. The maximum atomic E-state index is 4.79. The van der Waals surface area contributed by atoms with Gasteiger partial charge in [-0.15, -0.1) is 0 Å². The van der Waals surface area contributed by atoms with Gasteiger partial charge in [-0.2, -0.15) is 0 Å². The summed E-state index contributed by atoms with van der Waals surface area (Å²) >= 11 is 0. The maximum Gasteiger partial charge on any atom is 0.195 e. The first-order valence-electron chi connectivity index (χ1n) is 7.51. The van der Waals surface area contributed by atoms with Gasteiger partial charge in [0.15, 0.2) is 5.96 Å². The molecule has 0 aliphatic carbocycles. The Morgan fingerprint density at radius 3 is 1.86 bits per heavy atom. The van der Waals surface area contributed by atoms with Crippen LogP contribution in [0.15, 0.2) is 29.3 Å². The molecule has 0 amide bonds. The van der Waals surface area contributed by atoms with Crippen molar-refractivity contribution < 1.29 is 0 Å². The van der Waals surface area contributed by atoms with Crippen molar-refractivity contribution in [1.82, 2.24) is 14.7 Å². The number of likely N-dealkylation sites (N-methyl/N-ethyl adjacent to an activating group) is 1. The van der Waals surface area contributed by atoms with Crippen molar-refractivity contribution in [3.8, 4) is 0 Å². The number of hydrogen-bond donors (Lipinski definition) is 0. The van der Waals surface area contributed by atoms with E-state index in [0.717, 1.165) is 18.9 Å². The van der Waals surface area contributed by atoms with E-state index in [1.54, 1.807) is 0 Å². The van der Waals surface area contributed by atoms with Gasteiger partial charge >= 0.3 is 0 Å². The standard InChI is InChI=1S/C17H30N4/c1-8-14-9-11-15(12-10-14)16(19(2)3)13-18-17(20(4)5)21(6)7/h9-12,16H,8,13H2,1-7H3. The lowest BCUT2D eigenvalue weighted by Gasteiger charge is -2.27. The number of aryl methyl sites for hydroxylation is 1. The monoisotopic (exact) mass is 290 g/mol. The second kappa shape index (κ2) is 8.03. The summed E-state index contributed by atoms with van der Waals surface area (Å²) in [5, 5.41) is 0. The fraction of sp³-hybridized carbons (Fsp3) is 0.588. The Balaban J connectivity index is 2.94. The molecule has 0 radical (unpaired) electrons. The third-order valence-electron chi connectivity index (χ3n) is 3.60. The fourth-order valence-electron chi connectivity index (χ4n) is 2.39. The Kier molecular flexibility index (Phi) is 6.69. The molecule has 1 aromatic rings. The molecule has 0 aliphatic heterocycles. The highest BCUT2D eigenvalue weighted by Crippen LogP contribution is 2.19. The average molecular weight is 290 g/mol. The van der Waals surface area contributed by atoms with Crippen LogP contribution >= 0.6 is 0 Å². The van der Waals surface area contributed by atoms with Gasteiger partial charge in [-0.3, -0.25) is 4.99 Å². The molecular weight excluding hydrogens is 260 g/mol. The Hall–Kier alpha value is -1.55. The van der Waals surface area contributed by atoms with Gasteiger partial charge in [0.25, 0.3) is 0 Å². The maximum absolute atomic E-state index is 4.79. The Morgan fingerprint density at radius 1 is 0.952 bits per heavy atom. The first kappa shape index (κ1) is 17.5. The summed E-state index contributed by atoms with van der Waals surface area (Å²) in [5.74, 6) is 0.993. The lowest BCUT2D eigenvalue weighted by atomic mass is 10.0. The highest BCUT2D eigenvalue weighted by Gasteiger charge is 2.15. The van der Waals surface area contributed by atoms with Gasteiger partial charge in [0, 0.05) is 28.2 Å². The van der Waals surface area contributed by atoms with Crippen LogP contribution in [0, 0.1) is 0 Å². The number of aliphatic imine (C=N–C) groups is 1. The van der Waals surface area contributed by atoms with E-state index in [1.807, 2.05) is 38.0 Å². The van der Waals surface area contributed by atoms with Crippen LogP contribution in [0.5, 0.6) is 0 Å². The van der Waals surface area contributed by atoms with Gasteiger partial charge in [-0.25, -0.2) is 0 Å². The van der Waals surface area contributed by atoms with Gasteiger partial charge in [0.2, 0.25) is 0 Å². The molecule has 1 atom stereocenters. The molecule has 0 aromatic heterocycles. The van der Waals surface area contributed by atoms with Crippen molar-refractivity contribution in [2.45, 2.75) is 19.4 Å². The zero-order valence-corrected chi connectivity index (χ0v) is 14.6. The normalized spacial score (nSPS) is 12.2. The topological polar surface area (TPSA) is 22.1 Å². The molecule has 0 fully saturated rings. The molecule has 0 saturated heterocycles. The molecule has 21 heavy (non-hydrogen) atoms. The van der Waals surface area contributed by atoms with Crippen LogP contribution in [0.25, 0.3) is 0 Å². The molecule has 4 heteroatoms. The summed E-state index contributed by atoms with van der Waals surface area (Å²) < 4.78 is 0. The predicted molar refractivity (Wildman–Crippen MR) is 91.9 cm³/mol. The molecular formula is C17H30N4. The summed E-state index contributed by atoms with van der Waals surface area (Å²) in [6.45, 7) is 2.94. The number of nitrogens with zero attached hydrogens (tertiary/aromatic N) is 4. The minimum absolute atomic E-state index is 0.297. The van der Waals surface area contributed by atoms with Crippen molar-refractivity contribution in [3.63, 3.8) is 0 Å². The van der Waals surface area contributed by atoms with Crippen molar-refractivity contribution in [2.24, 2.45) is 4.99 Å². The van der Waals surface area contributed by atoms with E-state index >= 15 is 0 Å².